The van der Waals surface area contributed by atoms with E-state index in [4.69, 9.17) is 9.07 Å². The number of thiophene rings is 1. The molecule has 6 rings (SSSR count). The molecule has 2 amide bonds. The van der Waals surface area contributed by atoms with E-state index in [2.05, 4.69) is 11.9 Å². The summed E-state index contributed by atoms with van der Waals surface area (Å²) in [4.78, 5) is 34.4. The number of pyridine rings is 1. The van der Waals surface area contributed by atoms with Crippen LogP contribution < -0.4 is 0 Å². The van der Waals surface area contributed by atoms with E-state index in [1.165, 1.54) is 10.5 Å². The van der Waals surface area contributed by atoms with E-state index in [-0.39, 0.29) is 36.4 Å². The predicted molar refractivity (Wildman–Crippen MR) is 161 cm³/mol. The molecule has 2 saturated heterocycles. The van der Waals surface area contributed by atoms with Crippen LogP contribution in [0.3, 0.4) is 0 Å². The minimum Gasteiger partial charge on any atom is -0.459 e. The number of rotatable bonds is 10. The van der Waals surface area contributed by atoms with Crippen LogP contribution in [0.4, 0.5) is 0 Å². The molecular formula is C32H35BN2O6S. The van der Waals surface area contributed by atoms with Crippen molar-refractivity contribution >= 4 is 41.9 Å². The standard InChI is InChI=1S/C32H35BN2O6S/c1-2-6-21-16-25-30(32(38)35(31(25)37)18-24-7-5-14-42-24)26-17-33(39)41-28(29(21)26)12-9-20(27-8-3-4-13-34-27)15-22-10-11-23(19-36)40-22/h3-5,7-8,10-11,13-15,25-26,28,30,36,39H,2,6,9,12,16-19H2,1H3/b20-15-/t25-,26+,28-,30-/m1/s1. The molecule has 0 spiro atoms. The number of fused-ring (bicyclic) bond motifs is 3. The first kappa shape index (κ1) is 28.8. The summed E-state index contributed by atoms with van der Waals surface area (Å²) in [7, 11) is -1.01. The Morgan fingerprint density at radius 1 is 1.17 bits per heavy atom. The largest absolute Gasteiger partial charge is 0.459 e. The zero-order chi connectivity index (χ0) is 29.2. The van der Waals surface area contributed by atoms with Gasteiger partial charge in [0.1, 0.15) is 18.1 Å². The fourth-order valence-corrected chi connectivity index (χ4v) is 7.62. The van der Waals surface area contributed by atoms with Crippen LogP contribution in [0.1, 0.15) is 61.1 Å². The van der Waals surface area contributed by atoms with Gasteiger partial charge in [-0.3, -0.25) is 19.5 Å². The average Bonchev–Trinajstić information content (AvgIpc) is 3.73. The van der Waals surface area contributed by atoms with E-state index in [0.29, 0.717) is 43.6 Å². The van der Waals surface area contributed by atoms with Crippen LogP contribution in [0.2, 0.25) is 6.32 Å². The van der Waals surface area contributed by atoms with Crippen molar-refractivity contribution in [3.63, 3.8) is 0 Å². The summed E-state index contributed by atoms with van der Waals surface area (Å²) in [5, 5.41) is 22.3. The molecule has 0 unspecified atom stereocenters. The molecule has 2 N–H and O–H groups in total. The third-order valence-electron chi connectivity index (χ3n) is 8.67. The maximum atomic E-state index is 13.8. The zero-order valence-electron chi connectivity index (χ0n) is 23.6. The Labute approximate surface area is 249 Å². The number of likely N-dealkylation sites (tertiary alicyclic amines) is 1. The fraction of sp³-hybridized carbons (Fsp3) is 0.406. The van der Waals surface area contributed by atoms with Gasteiger partial charge in [-0.2, -0.15) is 0 Å². The Morgan fingerprint density at radius 2 is 2.05 bits per heavy atom. The number of hydrogen-bond donors (Lipinski definition) is 2. The molecule has 218 valence electrons. The first-order chi connectivity index (χ1) is 20.5. The van der Waals surface area contributed by atoms with Gasteiger partial charge in [-0.1, -0.05) is 31.1 Å². The summed E-state index contributed by atoms with van der Waals surface area (Å²) in [6.45, 7) is 2.25. The van der Waals surface area contributed by atoms with E-state index < -0.39 is 13.0 Å². The quantitative estimate of drug-likeness (QED) is 0.187. The molecule has 0 saturated carbocycles. The van der Waals surface area contributed by atoms with Crippen LogP contribution in [0.15, 0.2) is 69.6 Å². The highest BCUT2D eigenvalue weighted by Gasteiger charge is 2.57. The number of imide groups is 1. The van der Waals surface area contributed by atoms with Gasteiger partial charge in [0.15, 0.2) is 0 Å². The highest BCUT2D eigenvalue weighted by Crippen LogP contribution is 2.51. The molecule has 42 heavy (non-hydrogen) atoms. The van der Waals surface area contributed by atoms with Crippen LogP contribution >= 0.6 is 11.3 Å². The molecule has 5 heterocycles. The Morgan fingerprint density at radius 3 is 2.76 bits per heavy atom. The zero-order valence-corrected chi connectivity index (χ0v) is 24.5. The normalized spacial score (nSPS) is 24.4. The van der Waals surface area contributed by atoms with Crippen molar-refractivity contribution in [2.24, 2.45) is 17.8 Å². The average molecular weight is 587 g/mol. The lowest BCUT2D eigenvalue weighted by Crippen LogP contribution is -2.46. The van der Waals surface area contributed by atoms with Crippen LogP contribution in [0, 0.1) is 17.8 Å². The Bertz CT molecular complexity index is 1480. The molecule has 0 aromatic carbocycles. The molecular weight excluding hydrogens is 551 g/mol. The number of carbonyl (C=O) groups is 2. The number of nitrogens with zero attached hydrogens (tertiary/aromatic N) is 2. The van der Waals surface area contributed by atoms with Crippen molar-refractivity contribution in [1.82, 2.24) is 9.88 Å². The van der Waals surface area contributed by atoms with Crippen molar-refractivity contribution in [1.29, 1.82) is 0 Å². The topological polar surface area (TPSA) is 113 Å². The van der Waals surface area contributed by atoms with Gasteiger partial charge in [-0.15, -0.1) is 11.3 Å². The molecule has 0 bridgehead atoms. The molecule has 3 aromatic heterocycles. The van der Waals surface area contributed by atoms with Gasteiger partial charge in [-0.25, -0.2) is 0 Å². The Balaban J connectivity index is 1.30. The number of carbonyl (C=O) groups excluding carboxylic acids is 2. The summed E-state index contributed by atoms with van der Waals surface area (Å²) >= 11 is 1.54. The summed E-state index contributed by atoms with van der Waals surface area (Å²) in [5.74, 6) is -0.209. The van der Waals surface area contributed by atoms with E-state index in [0.717, 1.165) is 34.6 Å². The lowest BCUT2D eigenvalue weighted by Gasteiger charge is -2.43. The van der Waals surface area contributed by atoms with Gasteiger partial charge in [0.05, 0.1) is 30.2 Å². The predicted octanol–water partition coefficient (Wildman–Crippen LogP) is 5.35. The van der Waals surface area contributed by atoms with Gasteiger partial charge >= 0.3 is 7.12 Å². The lowest BCUT2D eigenvalue weighted by atomic mass is 9.58. The summed E-state index contributed by atoms with van der Waals surface area (Å²) in [5.41, 5.74) is 4.04. The minimum absolute atomic E-state index is 0.0929. The van der Waals surface area contributed by atoms with Crippen LogP contribution in [-0.2, 0) is 27.4 Å². The van der Waals surface area contributed by atoms with Crippen LogP contribution in [0.25, 0.3) is 11.6 Å². The van der Waals surface area contributed by atoms with Gasteiger partial charge in [0.2, 0.25) is 11.8 Å². The number of aromatic nitrogens is 1. The third kappa shape index (κ3) is 5.68. The van der Waals surface area contributed by atoms with Gasteiger partial charge in [-0.05, 0) is 90.9 Å². The second kappa shape index (κ2) is 12.5. The number of allylic oxidation sites excluding steroid dienone is 2. The first-order valence-corrected chi connectivity index (χ1v) is 15.6. The number of aliphatic hydroxyl groups excluding tert-OH is 1. The smallest absolute Gasteiger partial charge is 0.455 e. The third-order valence-corrected chi connectivity index (χ3v) is 9.53. The fourth-order valence-electron chi connectivity index (χ4n) is 6.92. The van der Waals surface area contributed by atoms with Gasteiger partial charge in [0.25, 0.3) is 0 Å². The van der Waals surface area contributed by atoms with Crippen LogP contribution in [0.5, 0.6) is 0 Å². The number of furan rings is 1. The van der Waals surface area contributed by atoms with Crippen molar-refractivity contribution in [3.8, 4) is 0 Å². The van der Waals surface area contributed by atoms with Crippen molar-refractivity contribution in [2.45, 2.75) is 64.6 Å². The monoisotopic (exact) mass is 586 g/mol. The SMILES string of the molecule is CCCC1=C2[C@@H](CC/C(=C/c3ccc(CO)o3)c3ccccn3)OB(O)C[C@@H]2[C@@H]2C(=O)N(Cc3cccs3)C(=O)[C@@H]2C1. The van der Waals surface area contributed by atoms with E-state index in [1.54, 1.807) is 23.6 Å². The molecule has 10 heteroatoms. The summed E-state index contributed by atoms with van der Waals surface area (Å²) in [6, 6.07) is 13.2. The minimum atomic E-state index is -1.01. The summed E-state index contributed by atoms with van der Waals surface area (Å²) in [6.07, 6.45) is 7.08. The molecule has 1 aliphatic carbocycles. The van der Waals surface area contributed by atoms with Gasteiger partial charge < -0.3 is 19.2 Å². The van der Waals surface area contributed by atoms with E-state index >= 15 is 0 Å². The molecule has 2 aliphatic heterocycles. The maximum absolute atomic E-state index is 13.8. The number of hydrogen-bond acceptors (Lipinski definition) is 8. The van der Waals surface area contributed by atoms with Crippen molar-refractivity contribution < 1.29 is 28.8 Å². The Hall–Kier alpha value is -3.31. The van der Waals surface area contributed by atoms with Crippen LogP contribution in [-0.4, -0.2) is 45.1 Å². The lowest BCUT2D eigenvalue weighted by molar-refractivity contribution is -0.140. The highest BCUT2D eigenvalue weighted by molar-refractivity contribution is 7.09. The Kier molecular flexibility index (Phi) is 8.58. The second-order valence-electron chi connectivity index (χ2n) is 11.3. The van der Waals surface area contributed by atoms with E-state index in [9.17, 15) is 19.7 Å². The van der Waals surface area contributed by atoms with Crippen molar-refractivity contribution in [2.75, 3.05) is 0 Å². The van der Waals surface area contributed by atoms with Gasteiger partial charge in [0, 0.05) is 11.1 Å². The molecule has 0 radical (unpaired) electrons. The molecule has 2 fully saturated rings. The number of aliphatic hydroxyl groups is 1. The molecule has 3 aliphatic rings. The molecule has 3 aromatic rings. The molecule has 4 atom stereocenters. The second-order valence-corrected chi connectivity index (χ2v) is 12.3. The van der Waals surface area contributed by atoms with Crippen molar-refractivity contribution in [3.05, 3.63) is 87.3 Å². The van der Waals surface area contributed by atoms with E-state index in [1.807, 2.05) is 47.9 Å². The highest BCUT2D eigenvalue weighted by atomic mass is 32.1. The number of amides is 2. The first-order valence-electron chi connectivity index (χ1n) is 14.7. The molecule has 8 nitrogen and oxygen atoms in total. The summed E-state index contributed by atoms with van der Waals surface area (Å²) < 4.78 is 11.9. The maximum Gasteiger partial charge on any atom is 0.455 e.